The van der Waals surface area contributed by atoms with Crippen LogP contribution in [0.4, 0.5) is 0 Å². The third kappa shape index (κ3) is 3.65. The van der Waals surface area contributed by atoms with Gasteiger partial charge in [-0.1, -0.05) is 145 Å². The van der Waals surface area contributed by atoms with Gasteiger partial charge in [0.1, 0.15) is 11.2 Å². The lowest BCUT2D eigenvalue weighted by molar-refractivity contribution is 0.669. The van der Waals surface area contributed by atoms with Crippen molar-refractivity contribution in [1.29, 1.82) is 0 Å². The van der Waals surface area contributed by atoms with E-state index in [4.69, 9.17) is 11.3 Å². The Balaban J connectivity index is 1.32. The van der Waals surface area contributed by atoms with Gasteiger partial charge in [0, 0.05) is 16.3 Å². The van der Waals surface area contributed by atoms with Crippen molar-refractivity contribution >= 4 is 54.3 Å². The monoisotopic (exact) mass is 551 g/mol. The van der Waals surface area contributed by atoms with E-state index in [-0.39, 0.29) is 29.7 Å². The smallest absolute Gasteiger partial charge is 0.136 e. The first-order chi connectivity index (χ1) is 23.4. The Morgan fingerprint density at radius 3 is 1.51 bits per heavy atom. The van der Waals surface area contributed by atoms with Crippen molar-refractivity contribution < 1.29 is 11.3 Å². The molecule has 0 fully saturated rings. The van der Waals surface area contributed by atoms with Gasteiger partial charge in [0.05, 0.1) is 6.85 Å². The summed E-state index contributed by atoms with van der Waals surface area (Å²) in [6.07, 6.45) is 0. The van der Waals surface area contributed by atoms with Gasteiger partial charge in [-0.3, -0.25) is 0 Å². The van der Waals surface area contributed by atoms with Gasteiger partial charge in [0.25, 0.3) is 0 Å². The molecule has 200 valence electrons. The molecule has 9 rings (SSSR count). The second-order valence-electron chi connectivity index (χ2n) is 10.9. The number of benzene rings is 8. The normalized spacial score (nSPS) is 13.3. The molecule has 1 heteroatoms. The Labute approximate surface area is 256 Å². The van der Waals surface area contributed by atoms with Gasteiger partial charge in [-0.25, -0.2) is 0 Å². The summed E-state index contributed by atoms with van der Waals surface area (Å²) >= 11 is 0. The molecule has 1 nitrogen and oxygen atoms in total. The van der Waals surface area contributed by atoms with Crippen LogP contribution in [-0.4, -0.2) is 0 Å². The lowest BCUT2D eigenvalue weighted by atomic mass is 9.85. The minimum atomic E-state index is -0.397. The quantitative estimate of drug-likeness (QED) is 0.199. The van der Waals surface area contributed by atoms with Crippen molar-refractivity contribution in [3.63, 3.8) is 0 Å². The number of rotatable bonds is 3. The molecule has 43 heavy (non-hydrogen) atoms. The summed E-state index contributed by atoms with van der Waals surface area (Å²) in [6.45, 7) is 0. The third-order valence-corrected chi connectivity index (χ3v) is 8.53. The molecule has 0 bridgehead atoms. The van der Waals surface area contributed by atoms with Crippen LogP contribution in [0.15, 0.2) is 162 Å². The van der Waals surface area contributed by atoms with Crippen LogP contribution in [0.3, 0.4) is 0 Å². The summed E-state index contributed by atoms with van der Waals surface area (Å²) < 4.78 is 48.9. The summed E-state index contributed by atoms with van der Waals surface area (Å²) in [5, 5.41) is 7.99. The largest absolute Gasteiger partial charge is 0.456 e. The van der Waals surface area contributed by atoms with Gasteiger partial charge < -0.3 is 4.42 Å². The predicted molar refractivity (Wildman–Crippen MR) is 183 cm³/mol. The Kier molecular flexibility index (Phi) is 4.27. The molecule has 0 saturated carbocycles. The summed E-state index contributed by atoms with van der Waals surface area (Å²) in [7, 11) is 0. The van der Waals surface area contributed by atoms with Crippen LogP contribution in [0.5, 0.6) is 0 Å². The first-order valence-corrected chi connectivity index (χ1v) is 14.4. The number of hydrogen-bond donors (Lipinski definition) is 0. The number of hydrogen-bond acceptors (Lipinski definition) is 1. The molecule has 1 heterocycles. The van der Waals surface area contributed by atoms with Crippen LogP contribution in [0.1, 0.15) is 6.85 Å². The molecule has 0 aliphatic carbocycles. The van der Waals surface area contributed by atoms with Crippen molar-refractivity contribution in [2.24, 2.45) is 0 Å². The molecule has 0 aliphatic heterocycles. The van der Waals surface area contributed by atoms with E-state index in [0.29, 0.717) is 5.56 Å². The Hall–Kier alpha value is -5.66. The van der Waals surface area contributed by atoms with Gasteiger partial charge in [-0.05, 0) is 72.3 Å². The highest BCUT2D eigenvalue weighted by atomic mass is 16.3. The highest BCUT2D eigenvalue weighted by molar-refractivity contribution is 6.22. The van der Waals surface area contributed by atoms with Crippen molar-refractivity contribution in [3.05, 3.63) is 158 Å². The van der Waals surface area contributed by atoms with Crippen molar-refractivity contribution in [1.82, 2.24) is 0 Å². The van der Waals surface area contributed by atoms with Gasteiger partial charge in [0.15, 0.2) is 0 Å². The van der Waals surface area contributed by atoms with Crippen molar-refractivity contribution in [2.75, 3.05) is 0 Å². The average molecular weight is 552 g/mol. The molecule has 8 aromatic carbocycles. The minimum Gasteiger partial charge on any atom is -0.456 e. The van der Waals surface area contributed by atoms with Crippen LogP contribution in [0.2, 0.25) is 0 Å². The minimum absolute atomic E-state index is 0.207. The fourth-order valence-corrected chi connectivity index (χ4v) is 6.74. The first kappa shape index (κ1) is 19.5. The second kappa shape index (κ2) is 9.44. The van der Waals surface area contributed by atoms with Crippen molar-refractivity contribution in [3.8, 4) is 33.4 Å². The highest BCUT2D eigenvalue weighted by Gasteiger charge is 2.19. The third-order valence-electron chi connectivity index (χ3n) is 8.53. The Morgan fingerprint density at radius 2 is 0.884 bits per heavy atom. The maximum Gasteiger partial charge on any atom is 0.136 e. The highest BCUT2D eigenvalue weighted by Crippen LogP contribution is 2.45. The van der Waals surface area contributed by atoms with E-state index in [1.54, 1.807) is 0 Å². The van der Waals surface area contributed by atoms with E-state index >= 15 is 0 Å². The number of furan rings is 1. The van der Waals surface area contributed by atoms with Crippen molar-refractivity contribution in [2.45, 2.75) is 0 Å². The Morgan fingerprint density at radius 1 is 0.395 bits per heavy atom. The Bertz CT molecular complexity index is 2690. The van der Waals surface area contributed by atoms with Crippen LogP contribution in [-0.2, 0) is 0 Å². The SMILES string of the molecule is [2H]c1c([2H])c([2H])c(-c2c3ccccc3c(-c3ccc(-c4c5ccccc5cc5oc6ccccc6c45)cc3)c3ccccc23)c([2H])c1[2H]. The molecule has 0 saturated heterocycles. The summed E-state index contributed by atoms with van der Waals surface area (Å²) in [4.78, 5) is 0. The fraction of sp³-hybridized carbons (Fsp3) is 0. The van der Waals surface area contributed by atoms with Gasteiger partial charge in [-0.2, -0.15) is 0 Å². The van der Waals surface area contributed by atoms with Crippen LogP contribution in [0.25, 0.3) is 87.6 Å². The molecule has 0 aliphatic rings. The van der Waals surface area contributed by atoms with Crippen LogP contribution >= 0.6 is 0 Å². The molecule has 9 aromatic rings. The summed E-state index contributed by atoms with van der Waals surface area (Å²) in [5.41, 5.74) is 6.83. The van der Waals surface area contributed by atoms with E-state index in [1.807, 2.05) is 60.7 Å². The number of para-hydroxylation sites is 1. The molecule has 0 radical (unpaired) electrons. The lowest BCUT2D eigenvalue weighted by Gasteiger charge is -2.18. The maximum absolute atomic E-state index is 8.82. The molecule has 0 atom stereocenters. The molecular weight excluding hydrogens is 520 g/mol. The van der Waals surface area contributed by atoms with E-state index < -0.39 is 6.04 Å². The van der Waals surface area contributed by atoms with Crippen LogP contribution < -0.4 is 0 Å². The standard InChI is InChI=1S/C42H26O/c1-2-12-27(13-3-1)39-32-16-6-8-18-34(32)40(35-19-9-7-17-33(35)39)28-22-24-29(25-23-28)41-31-15-5-4-14-30(31)26-38-42(41)36-20-10-11-21-37(36)43-38/h1-26H/i1D,2D,3D,12D,13D. The van der Waals surface area contributed by atoms with Gasteiger partial charge in [-0.15, -0.1) is 0 Å². The molecule has 1 aromatic heterocycles. The zero-order chi connectivity index (χ0) is 32.7. The lowest BCUT2D eigenvalue weighted by Crippen LogP contribution is -1.91. The zero-order valence-corrected chi connectivity index (χ0v) is 23.0. The molecule has 0 N–H and O–H groups in total. The molecule has 0 amide bonds. The zero-order valence-electron chi connectivity index (χ0n) is 28.0. The summed E-state index contributed by atoms with van der Waals surface area (Å²) in [5.74, 6) is 0. The van der Waals surface area contributed by atoms with Gasteiger partial charge in [0.2, 0.25) is 0 Å². The van der Waals surface area contributed by atoms with E-state index in [1.165, 1.54) is 0 Å². The molecule has 0 unspecified atom stereocenters. The first-order valence-electron chi connectivity index (χ1n) is 16.9. The average Bonchev–Trinajstić information content (AvgIpc) is 3.50. The van der Waals surface area contributed by atoms with E-state index in [2.05, 4.69) is 66.7 Å². The summed E-state index contributed by atoms with van der Waals surface area (Å²) in [6, 6.07) is 41.8. The van der Waals surface area contributed by atoms with E-state index in [9.17, 15) is 0 Å². The number of fused-ring (bicyclic) bond motifs is 6. The van der Waals surface area contributed by atoms with Crippen LogP contribution in [0, 0.1) is 0 Å². The maximum atomic E-state index is 8.82. The molecule has 0 spiro atoms. The predicted octanol–water partition coefficient (Wildman–Crippen LogP) is 12.0. The topological polar surface area (TPSA) is 13.1 Å². The molecular formula is C42H26O. The van der Waals surface area contributed by atoms with Gasteiger partial charge >= 0.3 is 0 Å². The fourth-order valence-electron chi connectivity index (χ4n) is 6.74. The second-order valence-corrected chi connectivity index (χ2v) is 10.9. The van der Waals surface area contributed by atoms with E-state index in [0.717, 1.165) is 76.5 Å².